The fourth-order valence-corrected chi connectivity index (χ4v) is 1.81. The van der Waals surface area contributed by atoms with Crippen LogP contribution in [0.3, 0.4) is 0 Å². The van der Waals surface area contributed by atoms with E-state index in [0.29, 0.717) is 6.42 Å². The van der Waals surface area contributed by atoms with E-state index in [0.717, 1.165) is 19.1 Å². The third-order valence-electron chi connectivity index (χ3n) is 2.66. The molecule has 3 N–H and O–H groups in total. The Morgan fingerprint density at radius 2 is 2.33 bits per heavy atom. The van der Waals surface area contributed by atoms with Crippen LogP contribution < -0.4 is 11.0 Å². The lowest BCUT2D eigenvalue weighted by atomic mass is 10.2. The highest BCUT2D eigenvalue weighted by Gasteiger charge is 2.10. The molecule has 1 heterocycles. The maximum atomic E-state index is 11.7. The molecule has 0 aliphatic carbocycles. The fourth-order valence-electron chi connectivity index (χ4n) is 1.55. The van der Waals surface area contributed by atoms with Gasteiger partial charge in [-0.25, -0.2) is 5.43 Å². The molecule has 0 bridgehead atoms. The predicted octanol–water partition coefficient (Wildman–Crippen LogP) is 1.44. The highest BCUT2D eigenvalue weighted by Crippen LogP contribution is 2.11. The Morgan fingerprint density at radius 3 is 2.95 bits per heavy atom. The van der Waals surface area contributed by atoms with Crippen molar-refractivity contribution < 1.29 is 9.90 Å². The molecule has 0 aromatic carbocycles. The highest BCUT2D eigenvalue weighted by atomic mass is 32.1. The van der Waals surface area contributed by atoms with E-state index < -0.39 is 5.56 Å². The summed E-state index contributed by atoms with van der Waals surface area (Å²) in [7, 11) is 0. The molecule has 21 heavy (non-hydrogen) atoms. The van der Waals surface area contributed by atoms with Crippen LogP contribution in [0.2, 0.25) is 0 Å². The van der Waals surface area contributed by atoms with E-state index in [1.807, 2.05) is 6.92 Å². The lowest BCUT2D eigenvalue weighted by Crippen LogP contribution is -2.21. The molecule has 0 aliphatic rings. The third-order valence-corrected chi connectivity index (χ3v) is 2.98. The molecular formula is C13H18N4O3S. The topological polar surface area (TPSA) is 99.5 Å². The Bertz CT molecular complexity index is 660. The van der Waals surface area contributed by atoms with Crippen molar-refractivity contribution in [1.29, 1.82) is 0 Å². The second kappa shape index (κ2) is 8.15. The molecule has 0 unspecified atom stereocenters. The van der Waals surface area contributed by atoms with E-state index in [1.165, 1.54) is 10.6 Å². The smallest absolute Gasteiger partial charge is 0.264 e. The van der Waals surface area contributed by atoms with Crippen molar-refractivity contribution in [2.45, 2.75) is 32.7 Å². The monoisotopic (exact) mass is 310 g/mol. The minimum Gasteiger partial charge on any atom is -0.494 e. The minimum absolute atomic E-state index is 0.0822. The molecule has 1 rings (SSSR count). The molecule has 0 saturated heterocycles. The van der Waals surface area contributed by atoms with Gasteiger partial charge in [0, 0.05) is 13.0 Å². The number of nitrogens with zero attached hydrogens (tertiary/aromatic N) is 2. The fraction of sp³-hybridized carbons (Fsp3) is 0.385. The number of rotatable bonds is 7. The number of H-pyrrole nitrogens is 1. The van der Waals surface area contributed by atoms with Gasteiger partial charge in [-0.2, -0.15) is 5.10 Å². The molecule has 0 radical (unpaired) electrons. The molecule has 0 atom stereocenters. The van der Waals surface area contributed by atoms with Gasteiger partial charge in [0.15, 0.2) is 4.77 Å². The second-order valence-corrected chi connectivity index (χ2v) is 4.68. The Kier molecular flexibility index (Phi) is 6.54. The molecule has 7 nitrogen and oxygen atoms in total. The van der Waals surface area contributed by atoms with Gasteiger partial charge in [-0.15, -0.1) is 6.58 Å². The lowest BCUT2D eigenvalue weighted by Gasteiger charge is -2.08. The molecule has 8 heteroatoms. The molecule has 114 valence electrons. The molecule has 0 aliphatic heterocycles. The number of hydrazone groups is 1. The van der Waals surface area contributed by atoms with Crippen LogP contribution in [0, 0.1) is 4.77 Å². The number of aromatic amines is 1. The molecular weight excluding hydrogens is 292 g/mol. The maximum Gasteiger partial charge on any atom is 0.264 e. The van der Waals surface area contributed by atoms with E-state index in [4.69, 9.17) is 12.2 Å². The summed E-state index contributed by atoms with van der Waals surface area (Å²) in [6.07, 6.45) is 4.64. The summed E-state index contributed by atoms with van der Waals surface area (Å²) in [5.41, 5.74) is 1.64. The Labute approximate surface area is 127 Å². The van der Waals surface area contributed by atoms with Crippen molar-refractivity contribution in [3.8, 4) is 5.88 Å². The number of hydrogen-bond donors (Lipinski definition) is 3. The largest absolute Gasteiger partial charge is 0.494 e. The predicted molar refractivity (Wildman–Crippen MR) is 83.0 cm³/mol. The van der Waals surface area contributed by atoms with E-state index in [1.54, 1.807) is 0 Å². The number of aromatic nitrogens is 2. The van der Waals surface area contributed by atoms with Gasteiger partial charge in [0.2, 0.25) is 11.8 Å². The zero-order chi connectivity index (χ0) is 15.8. The SMILES string of the molecule is C=CCn1c(O)c(/C=N\NC(=O)CCCC)c(=O)[nH]c1=S. The van der Waals surface area contributed by atoms with Crippen LogP contribution in [-0.4, -0.2) is 26.8 Å². The third kappa shape index (κ3) is 4.67. The Hall–Kier alpha value is -2.22. The van der Waals surface area contributed by atoms with E-state index >= 15 is 0 Å². The maximum absolute atomic E-state index is 11.7. The second-order valence-electron chi connectivity index (χ2n) is 4.29. The summed E-state index contributed by atoms with van der Waals surface area (Å²) < 4.78 is 1.38. The first kappa shape index (κ1) is 16.8. The number of unbranched alkanes of at least 4 members (excludes halogenated alkanes) is 1. The van der Waals surface area contributed by atoms with Crippen LogP contribution in [-0.2, 0) is 11.3 Å². The first-order valence-corrected chi connectivity index (χ1v) is 6.91. The van der Waals surface area contributed by atoms with Gasteiger partial charge in [-0.3, -0.25) is 19.1 Å². The zero-order valence-electron chi connectivity index (χ0n) is 11.8. The number of carbonyl (C=O) groups is 1. The van der Waals surface area contributed by atoms with Gasteiger partial charge in [0.05, 0.1) is 6.21 Å². The summed E-state index contributed by atoms with van der Waals surface area (Å²) >= 11 is 4.94. The van der Waals surface area contributed by atoms with Gasteiger partial charge in [-0.05, 0) is 18.6 Å². The van der Waals surface area contributed by atoms with Crippen molar-refractivity contribution in [3.05, 3.63) is 33.3 Å². The quantitative estimate of drug-likeness (QED) is 0.307. The minimum atomic E-state index is -0.579. The molecule has 0 fully saturated rings. The van der Waals surface area contributed by atoms with Crippen molar-refractivity contribution in [1.82, 2.24) is 15.0 Å². The van der Waals surface area contributed by atoms with Gasteiger partial charge >= 0.3 is 0 Å². The molecule has 1 aromatic heterocycles. The standard InChI is InChI=1S/C13H18N4O3S/c1-3-5-6-10(18)16-14-8-9-11(19)15-13(21)17(7-4-2)12(9)20/h4,8,20H,2-3,5-7H2,1H3,(H,16,18)(H,15,19,21)/b14-8-. The van der Waals surface area contributed by atoms with Crippen molar-refractivity contribution in [2.24, 2.45) is 5.10 Å². The van der Waals surface area contributed by atoms with Crippen LogP contribution in [0.25, 0.3) is 0 Å². The summed E-state index contributed by atoms with van der Waals surface area (Å²) in [5, 5.41) is 13.7. The number of carbonyl (C=O) groups excluding carboxylic acids is 1. The molecule has 0 spiro atoms. The lowest BCUT2D eigenvalue weighted by molar-refractivity contribution is -0.121. The Balaban J connectivity index is 2.95. The number of allylic oxidation sites excluding steroid dienone is 1. The molecule has 1 aromatic rings. The van der Waals surface area contributed by atoms with Crippen LogP contribution in [0.4, 0.5) is 0 Å². The van der Waals surface area contributed by atoms with Gasteiger partial charge in [0.1, 0.15) is 5.56 Å². The number of hydrogen-bond acceptors (Lipinski definition) is 5. The summed E-state index contributed by atoms with van der Waals surface area (Å²) in [6.45, 7) is 5.76. The average Bonchev–Trinajstić information content (AvgIpc) is 2.44. The van der Waals surface area contributed by atoms with Crippen molar-refractivity contribution >= 4 is 24.3 Å². The highest BCUT2D eigenvalue weighted by molar-refractivity contribution is 7.71. The van der Waals surface area contributed by atoms with Crippen LogP contribution in [0.15, 0.2) is 22.6 Å². The average molecular weight is 310 g/mol. The normalized spacial score (nSPS) is 10.7. The zero-order valence-corrected chi connectivity index (χ0v) is 12.6. The van der Waals surface area contributed by atoms with Crippen molar-refractivity contribution in [2.75, 3.05) is 0 Å². The van der Waals surface area contributed by atoms with Crippen LogP contribution in [0.1, 0.15) is 31.7 Å². The number of aromatic hydroxyl groups is 1. The number of nitrogens with one attached hydrogen (secondary N) is 2. The first-order valence-electron chi connectivity index (χ1n) is 6.50. The molecule has 1 amide bonds. The first-order chi connectivity index (χ1) is 10.0. The summed E-state index contributed by atoms with van der Waals surface area (Å²) in [6, 6.07) is 0. The van der Waals surface area contributed by atoms with E-state index in [9.17, 15) is 14.7 Å². The van der Waals surface area contributed by atoms with Crippen LogP contribution in [0.5, 0.6) is 5.88 Å². The van der Waals surface area contributed by atoms with E-state index in [-0.39, 0.29) is 28.7 Å². The molecule has 0 saturated carbocycles. The summed E-state index contributed by atoms with van der Waals surface area (Å²) in [5.74, 6) is -0.571. The van der Waals surface area contributed by atoms with Crippen LogP contribution >= 0.6 is 12.2 Å². The summed E-state index contributed by atoms with van der Waals surface area (Å²) in [4.78, 5) is 25.5. The van der Waals surface area contributed by atoms with Gasteiger partial charge in [0.25, 0.3) is 5.56 Å². The van der Waals surface area contributed by atoms with Gasteiger partial charge in [-0.1, -0.05) is 19.4 Å². The Morgan fingerprint density at radius 1 is 1.62 bits per heavy atom. The van der Waals surface area contributed by atoms with Gasteiger partial charge < -0.3 is 5.11 Å². The number of amides is 1. The van der Waals surface area contributed by atoms with E-state index in [2.05, 4.69) is 22.1 Å². The van der Waals surface area contributed by atoms with Crippen molar-refractivity contribution in [3.63, 3.8) is 0 Å².